The Kier molecular flexibility index (Phi) is 6.78. The zero-order chi connectivity index (χ0) is 24.3. The van der Waals surface area contributed by atoms with E-state index in [-0.39, 0.29) is 24.3 Å². The molecule has 1 saturated heterocycles. The summed E-state index contributed by atoms with van der Waals surface area (Å²) in [5.74, 6) is -6.29. The minimum Gasteiger partial charge on any atom is -0.530 e. The Balaban J connectivity index is 1.97. The fourth-order valence-corrected chi connectivity index (χ4v) is 3.87. The summed E-state index contributed by atoms with van der Waals surface area (Å²) in [7, 11) is 0. The quantitative estimate of drug-likeness (QED) is 0.549. The first-order chi connectivity index (χ1) is 15.6. The van der Waals surface area contributed by atoms with Crippen molar-refractivity contribution in [3.05, 3.63) is 41.8 Å². The first-order valence-corrected chi connectivity index (χ1v) is 9.83. The van der Waals surface area contributed by atoms with E-state index in [9.17, 15) is 33.1 Å². The average Bonchev–Trinajstić information content (AvgIpc) is 3.18. The van der Waals surface area contributed by atoms with Gasteiger partial charge in [0.2, 0.25) is 0 Å². The van der Waals surface area contributed by atoms with Gasteiger partial charge in [0.25, 0.3) is 11.8 Å². The lowest BCUT2D eigenvalue weighted by molar-refractivity contribution is -0.271. The number of anilines is 2. The number of aliphatic hydroxyl groups excluding tert-OH is 1. The van der Waals surface area contributed by atoms with Gasteiger partial charge in [-0.3, -0.25) is 9.48 Å². The van der Waals surface area contributed by atoms with Crippen LogP contribution in [0.3, 0.4) is 0 Å². The summed E-state index contributed by atoms with van der Waals surface area (Å²) in [5.41, 5.74) is 5.72. The zero-order valence-electron chi connectivity index (χ0n) is 17.1. The number of carboxylic acid groups (broad SMARTS) is 1. The molecule has 13 heteroatoms. The van der Waals surface area contributed by atoms with Crippen LogP contribution in [0.1, 0.15) is 29.2 Å². The summed E-state index contributed by atoms with van der Waals surface area (Å²) >= 11 is 0. The van der Waals surface area contributed by atoms with E-state index < -0.39 is 54.8 Å². The van der Waals surface area contributed by atoms with Crippen LogP contribution in [-0.2, 0) is 0 Å². The number of carbonyl (C=O) groups is 2. The predicted octanol–water partition coefficient (Wildman–Crippen LogP) is 0.981. The van der Waals surface area contributed by atoms with Crippen LogP contribution in [-0.4, -0.2) is 56.9 Å². The van der Waals surface area contributed by atoms with Crippen LogP contribution in [0.4, 0.5) is 29.5 Å². The van der Waals surface area contributed by atoms with Crippen molar-refractivity contribution in [1.82, 2.24) is 14.7 Å². The van der Waals surface area contributed by atoms with Crippen molar-refractivity contribution in [1.29, 1.82) is 5.26 Å². The molecule has 0 spiro atoms. The van der Waals surface area contributed by atoms with Gasteiger partial charge in [0.05, 0.1) is 24.1 Å². The van der Waals surface area contributed by atoms with Gasteiger partial charge in [-0.15, -0.1) is 0 Å². The number of nitrogens with one attached hydrogen (secondary N) is 1. The van der Waals surface area contributed by atoms with Gasteiger partial charge in [-0.1, -0.05) is 0 Å². The Morgan fingerprint density at radius 2 is 2.03 bits per heavy atom. The lowest BCUT2D eigenvalue weighted by Crippen LogP contribution is -2.57. The van der Waals surface area contributed by atoms with E-state index in [0.717, 1.165) is 0 Å². The standard InChI is InChI=1S/C20H21F3N6O4/c21-11-1-3-12(4-2-11)26-18-14(17(25)31)9-29(27-18)15-5-6-28(19(32)33)16(13(15)8-24)7-20(22,23)10-30/h1-4,9,13,15-16,30H,5-7,10H2,(H2,25,31)(H,26,27)(H,32,33)/p-1/t13-,15-,16?/m0/s1. The third-order valence-electron chi connectivity index (χ3n) is 5.46. The van der Waals surface area contributed by atoms with Gasteiger partial charge >= 0.3 is 0 Å². The van der Waals surface area contributed by atoms with Crippen LogP contribution >= 0.6 is 0 Å². The normalized spacial score (nSPS) is 20.8. The monoisotopic (exact) mass is 465 g/mol. The molecule has 2 amide bonds. The molecule has 33 heavy (non-hydrogen) atoms. The molecule has 1 aliphatic heterocycles. The summed E-state index contributed by atoms with van der Waals surface area (Å²) in [5, 5.41) is 37.2. The third-order valence-corrected chi connectivity index (χ3v) is 5.46. The number of benzene rings is 1. The molecule has 2 aromatic rings. The number of nitrogens with zero attached hydrogens (tertiary/aromatic N) is 4. The van der Waals surface area contributed by atoms with Crippen molar-refractivity contribution in [2.45, 2.75) is 30.8 Å². The number of primary amides is 1. The smallest absolute Gasteiger partial charge is 0.272 e. The zero-order valence-corrected chi connectivity index (χ0v) is 17.1. The van der Waals surface area contributed by atoms with Crippen molar-refractivity contribution in [3.8, 4) is 6.07 Å². The Bertz CT molecular complexity index is 1070. The lowest BCUT2D eigenvalue weighted by atomic mass is 9.83. The Hall–Kier alpha value is -3.79. The number of piperidine rings is 1. The molecule has 2 heterocycles. The van der Waals surface area contributed by atoms with E-state index in [0.29, 0.717) is 10.6 Å². The fraction of sp³-hybridized carbons (Fsp3) is 0.400. The van der Waals surface area contributed by atoms with Gasteiger partial charge in [0.1, 0.15) is 24.1 Å². The van der Waals surface area contributed by atoms with Gasteiger partial charge in [-0.2, -0.15) is 10.4 Å². The van der Waals surface area contributed by atoms with E-state index >= 15 is 0 Å². The highest BCUT2D eigenvalue weighted by molar-refractivity contribution is 5.98. The molecule has 1 fully saturated rings. The fourth-order valence-electron chi connectivity index (χ4n) is 3.87. The topological polar surface area (TPSA) is 160 Å². The van der Waals surface area contributed by atoms with Crippen molar-refractivity contribution in [3.63, 3.8) is 0 Å². The van der Waals surface area contributed by atoms with Crippen molar-refractivity contribution in [2.24, 2.45) is 11.7 Å². The maximum atomic E-state index is 13.9. The SMILES string of the molecule is N#C[C@@H]1C(CC(F)(F)CO)N(C(=O)[O-])CC[C@@H]1n1cc(C(N)=O)c(Nc2ccc(F)cc2)n1. The van der Waals surface area contributed by atoms with Crippen molar-refractivity contribution in [2.75, 3.05) is 18.5 Å². The second kappa shape index (κ2) is 9.37. The molecule has 176 valence electrons. The number of rotatable bonds is 7. The maximum Gasteiger partial charge on any atom is 0.272 e. The van der Waals surface area contributed by atoms with Crippen LogP contribution in [0.25, 0.3) is 0 Å². The maximum absolute atomic E-state index is 13.9. The first-order valence-electron chi connectivity index (χ1n) is 9.83. The number of hydrogen-bond acceptors (Lipinski definition) is 7. The van der Waals surface area contributed by atoms with Gasteiger partial charge in [0.15, 0.2) is 5.82 Å². The van der Waals surface area contributed by atoms with E-state index in [1.54, 1.807) is 0 Å². The van der Waals surface area contributed by atoms with Crippen LogP contribution in [0.15, 0.2) is 30.5 Å². The number of hydrogen-bond donors (Lipinski definition) is 3. The van der Waals surface area contributed by atoms with Gasteiger partial charge < -0.3 is 31.0 Å². The Labute approximate surface area is 186 Å². The van der Waals surface area contributed by atoms with Crippen LogP contribution in [0.5, 0.6) is 0 Å². The Morgan fingerprint density at radius 1 is 1.36 bits per heavy atom. The molecule has 1 aliphatic rings. The highest BCUT2D eigenvalue weighted by Crippen LogP contribution is 2.38. The van der Waals surface area contributed by atoms with Gasteiger partial charge in [-0.25, -0.2) is 13.2 Å². The van der Waals surface area contributed by atoms with Gasteiger partial charge in [-0.05, 0) is 30.7 Å². The average molecular weight is 465 g/mol. The summed E-state index contributed by atoms with van der Waals surface area (Å²) in [6.07, 6.45) is -1.57. The van der Waals surface area contributed by atoms with E-state index in [2.05, 4.69) is 10.4 Å². The lowest BCUT2D eigenvalue weighted by Gasteiger charge is -2.45. The number of halogens is 3. The van der Waals surface area contributed by atoms with Crippen molar-refractivity contribution < 1.29 is 33.0 Å². The van der Waals surface area contributed by atoms with E-state index in [1.165, 1.54) is 35.1 Å². The summed E-state index contributed by atoms with van der Waals surface area (Å²) < 4.78 is 42.2. The van der Waals surface area contributed by atoms with Gasteiger partial charge in [0, 0.05) is 24.8 Å². The molecule has 10 nitrogen and oxygen atoms in total. The van der Waals surface area contributed by atoms with E-state index in [4.69, 9.17) is 10.8 Å². The second-order valence-electron chi connectivity index (χ2n) is 7.62. The number of aliphatic hydroxyl groups is 1. The molecule has 3 rings (SSSR count). The molecule has 1 unspecified atom stereocenters. The molecule has 0 bridgehead atoms. The number of alkyl halides is 2. The second-order valence-corrected chi connectivity index (χ2v) is 7.62. The predicted molar refractivity (Wildman–Crippen MR) is 106 cm³/mol. The molecule has 3 atom stereocenters. The molecule has 4 N–H and O–H groups in total. The minimum absolute atomic E-state index is 0.00892. The van der Waals surface area contributed by atoms with Crippen LogP contribution in [0.2, 0.25) is 0 Å². The van der Waals surface area contributed by atoms with Crippen LogP contribution in [0, 0.1) is 23.1 Å². The number of amides is 2. The molecule has 1 aromatic carbocycles. The molecule has 0 aliphatic carbocycles. The summed E-state index contributed by atoms with van der Waals surface area (Å²) in [6.45, 7) is -1.75. The molecular formula is C20H20F3N6O4-. The largest absolute Gasteiger partial charge is 0.530 e. The Morgan fingerprint density at radius 3 is 2.58 bits per heavy atom. The first kappa shape index (κ1) is 23.9. The van der Waals surface area contributed by atoms with Crippen LogP contribution < -0.4 is 16.2 Å². The summed E-state index contributed by atoms with van der Waals surface area (Å²) in [4.78, 5) is 24.1. The highest BCUT2D eigenvalue weighted by Gasteiger charge is 2.45. The molecule has 0 radical (unpaired) electrons. The number of aromatic nitrogens is 2. The van der Waals surface area contributed by atoms with E-state index in [1.807, 2.05) is 6.07 Å². The third kappa shape index (κ3) is 5.17. The minimum atomic E-state index is -3.63. The number of nitrogens with two attached hydrogens (primary N) is 1. The highest BCUT2D eigenvalue weighted by atomic mass is 19.3. The van der Waals surface area contributed by atoms with Crippen molar-refractivity contribution >= 4 is 23.5 Å². The molecule has 1 aromatic heterocycles. The summed E-state index contributed by atoms with van der Waals surface area (Å²) in [6, 6.07) is 4.63. The molecular weight excluding hydrogens is 445 g/mol. The number of likely N-dealkylation sites (tertiary alicyclic amines) is 1. The number of nitriles is 1. The molecule has 0 saturated carbocycles. The number of carbonyl (C=O) groups excluding carboxylic acids is 2.